The van der Waals surface area contributed by atoms with Gasteiger partial charge in [-0.05, 0) is 17.9 Å². The van der Waals surface area contributed by atoms with Crippen LogP contribution in [0.4, 0.5) is 0 Å². The Labute approximate surface area is 97.0 Å². The van der Waals surface area contributed by atoms with Gasteiger partial charge in [0.2, 0.25) is 0 Å². The Balaban J connectivity index is 1.79. The van der Waals surface area contributed by atoms with Crippen LogP contribution in [0, 0.1) is 5.92 Å². The lowest BCUT2D eigenvalue weighted by Gasteiger charge is -2.11. The summed E-state index contributed by atoms with van der Waals surface area (Å²) in [5, 5.41) is 6.72. The van der Waals surface area contributed by atoms with E-state index in [1.165, 1.54) is 12.0 Å². The highest BCUT2D eigenvalue weighted by Gasteiger charge is 2.33. The highest BCUT2D eigenvalue weighted by atomic mass is 15.2. The maximum atomic E-state index is 4.21. The van der Waals surface area contributed by atoms with Gasteiger partial charge in [0, 0.05) is 19.6 Å². The van der Waals surface area contributed by atoms with Crippen LogP contribution in [0.15, 0.2) is 35.3 Å². The number of nitrogens with one attached hydrogen (secondary N) is 2. The average molecular weight is 217 g/mol. The van der Waals surface area contributed by atoms with Crippen LogP contribution in [-0.4, -0.2) is 19.0 Å². The van der Waals surface area contributed by atoms with E-state index in [1.807, 2.05) is 13.1 Å². The van der Waals surface area contributed by atoms with Gasteiger partial charge in [0.25, 0.3) is 0 Å². The zero-order valence-electron chi connectivity index (χ0n) is 9.90. The predicted octanol–water partition coefficient (Wildman–Crippen LogP) is 1.76. The van der Waals surface area contributed by atoms with E-state index in [9.17, 15) is 0 Å². The summed E-state index contributed by atoms with van der Waals surface area (Å²) in [7, 11) is 1.81. The minimum Gasteiger partial charge on any atom is -0.353 e. The van der Waals surface area contributed by atoms with Gasteiger partial charge in [0.1, 0.15) is 0 Å². The number of nitrogens with zero attached hydrogens (tertiary/aromatic N) is 1. The molecule has 86 valence electrons. The van der Waals surface area contributed by atoms with Crippen molar-refractivity contribution in [3.05, 3.63) is 35.9 Å². The molecule has 0 saturated heterocycles. The van der Waals surface area contributed by atoms with E-state index in [-0.39, 0.29) is 0 Å². The minimum absolute atomic E-state index is 0.613. The minimum atomic E-state index is 0.613. The van der Waals surface area contributed by atoms with E-state index in [4.69, 9.17) is 0 Å². The standard InChI is InChI=1S/C13H19N3/c1-10-8-12(10)16-13(14-2)15-9-11-6-4-3-5-7-11/h3-7,10,12H,8-9H2,1-2H3,(H2,14,15,16). The molecule has 3 nitrogen and oxygen atoms in total. The number of rotatable bonds is 3. The fraction of sp³-hybridized carbons (Fsp3) is 0.462. The maximum Gasteiger partial charge on any atom is 0.191 e. The van der Waals surface area contributed by atoms with E-state index < -0.39 is 0 Å². The van der Waals surface area contributed by atoms with Gasteiger partial charge in [-0.15, -0.1) is 0 Å². The fourth-order valence-corrected chi connectivity index (χ4v) is 1.68. The Morgan fingerprint density at radius 2 is 2.06 bits per heavy atom. The van der Waals surface area contributed by atoms with Crippen LogP contribution in [0.25, 0.3) is 0 Å². The SMILES string of the molecule is CN=C(NCc1ccccc1)NC1CC1C. The molecule has 2 rings (SSSR count). The first-order valence-electron chi connectivity index (χ1n) is 5.80. The zero-order valence-corrected chi connectivity index (χ0v) is 9.90. The Hall–Kier alpha value is -1.51. The lowest BCUT2D eigenvalue weighted by molar-refractivity contribution is 0.763. The Kier molecular flexibility index (Phi) is 3.44. The summed E-state index contributed by atoms with van der Waals surface area (Å²) in [4.78, 5) is 4.21. The molecule has 0 heterocycles. The molecule has 1 saturated carbocycles. The summed E-state index contributed by atoms with van der Waals surface area (Å²) < 4.78 is 0. The molecule has 0 spiro atoms. The molecule has 3 heteroatoms. The van der Waals surface area contributed by atoms with Gasteiger partial charge in [-0.2, -0.15) is 0 Å². The molecule has 0 aromatic heterocycles. The second kappa shape index (κ2) is 5.01. The van der Waals surface area contributed by atoms with Crippen LogP contribution in [0.3, 0.4) is 0 Å². The number of guanidine groups is 1. The Morgan fingerprint density at radius 3 is 2.62 bits per heavy atom. The lowest BCUT2D eigenvalue weighted by atomic mass is 10.2. The van der Waals surface area contributed by atoms with E-state index in [0.29, 0.717) is 6.04 Å². The van der Waals surface area contributed by atoms with Gasteiger partial charge in [-0.3, -0.25) is 4.99 Å². The third kappa shape index (κ3) is 2.99. The molecule has 0 radical (unpaired) electrons. The molecule has 2 atom stereocenters. The van der Waals surface area contributed by atoms with Crippen molar-refractivity contribution in [2.24, 2.45) is 10.9 Å². The molecular formula is C13H19N3. The van der Waals surface area contributed by atoms with Gasteiger partial charge in [-0.25, -0.2) is 0 Å². The van der Waals surface area contributed by atoms with Gasteiger partial charge in [0.15, 0.2) is 5.96 Å². The summed E-state index contributed by atoms with van der Waals surface area (Å²) >= 11 is 0. The first-order chi connectivity index (χ1) is 7.79. The first kappa shape index (κ1) is 11.0. The molecule has 1 fully saturated rings. The first-order valence-corrected chi connectivity index (χ1v) is 5.80. The monoisotopic (exact) mass is 217 g/mol. The van der Waals surface area contributed by atoms with Gasteiger partial charge in [-0.1, -0.05) is 37.3 Å². The molecular weight excluding hydrogens is 198 g/mol. The molecule has 1 aromatic carbocycles. The topological polar surface area (TPSA) is 36.4 Å². The quantitative estimate of drug-likeness (QED) is 0.598. The number of aliphatic imine (C=N–C) groups is 1. The van der Waals surface area contributed by atoms with Gasteiger partial charge in [0.05, 0.1) is 0 Å². The summed E-state index contributed by atoms with van der Waals surface area (Å²) in [6, 6.07) is 11.0. The predicted molar refractivity (Wildman–Crippen MR) is 67.3 cm³/mol. The highest BCUT2D eigenvalue weighted by molar-refractivity contribution is 5.80. The van der Waals surface area contributed by atoms with Crippen LogP contribution in [0.2, 0.25) is 0 Å². The zero-order chi connectivity index (χ0) is 11.4. The van der Waals surface area contributed by atoms with Gasteiger partial charge >= 0.3 is 0 Å². The summed E-state index contributed by atoms with van der Waals surface area (Å²) in [5.74, 6) is 1.69. The third-order valence-electron chi connectivity index (χ3n) is 2.96. The molecule has 2 unspecified atom stereocenters. The van der Waals surface area contributed by atoms with Crippen molar-refractivity contribution in [1.82, 2.24) is 10.6 Å². The van der Waals surface area contributed by atoms with E-state index >= 15 is 0 Å². The van der Waals surface area contributed by atoms with Crippen molar-refractivity contribution in [3.8, 4) is 0 Å². The van der Waals surface area contributed by atoms with Crippen molar-refractivity contribution in [2.45, 2.75) is 25.9 Å². The van der Waals surface area contributed by atoms with E-state index in [1.54, 1.807) is 0 Å². The summed E-state index contributed by atoms with van der Waals surface area (Å²) in [6.07, 6.45) is 1.26. The second-order valence-corrected chi connectivity index (χ2v) is 4.38. The molecule has 0 aliphatic heterocycles. The van der Waals surface area contributed by atoms with Crippen molar-refractivity contribution < 1.29 is 0 Å². The van der Waals surface area contributed by atoms with Crippen LogP contribution >= 0.6 is 0 Å². The molecule has 1 aliphatic rings. The van der Waals surface area contributed by atoms with E-state index in [2.05, 4.69) is 46.8 Å². The molecule has 0 amide bonds. The van der Waals surface area contributed by atoms with Crippen LogP contribution < -0.4 is 10.6 Å². The highest BCUT2D eigenvalue weighted by Crippen LogP contribution is 2.28. The number of hydrogen-bond acceptors (Lipinski definition) is 1. The van der Waals surface area contributed by atoms with Crippen LogP contribution in [0.1, 0.15) is 18.9 Å². The molecule has 1 aliphatic carbocycles. The fourth-order valence-electron chi connectivity index (χ4n) is 1.68. The largest absolute Gasteiger partial charge is 0.353 e. The van der Waals surface area contributed by atoms with Crippen molar-refractivity contribution in [3.63, 3.8) is 0 Å². The molecule has 16 heavy (non-hydrogen) atoms. The van der Waals surface area contributed by atoms with Crippen LogP contribution in [-0.2, 0) is 6.54 Å². The third-order valence-corrected chi connectivity index (χ3v) is 2.96. The maximum absolute atomic E-state index is 4.21. The molecule has 2 N–H and O–H groups in total. The Bertz CT molecular complexity index is 359. The average Bonchev–Trinajstić information content (AvgIpc) is 3.01. The molecule has 0 bridgehead atoms. The smallest absolute Gasteiger partial charge is 0.191 e. The summed E-state index contributed by atoms with van der Waals surface area (Å²) in [5.41, 5.74) is 1.27. The van der Waals surface area contributed by atoms with E-state index in [0.717, 1.165) is 18.4 Å². The van der Waals surface area contributed by atoms with Crippen LogP contribution in [0.5, 0.6) is 0 Å². The van der Waals surface area contributed by atoms with Gasteiger partial charge < -0.3 is 10.6 Å². The second-order valence-electron chi connectivity index (χ2n) is 4.38. The Morgan fingerprint density at radius 1 is 1.38 bits per heavy atom. The summed E-state index contributed by atoms with van der Waals surface area (Å²) in [6.45, 7) is 3.07. The number of hydrogen-bond donors (Lipinski definition) is 2. The van der Waals surface area contributed by atoms with Crippen molar-refractivity contribution in [1.29, 1.82) is 0 Å². The number of benzene rings is 1. The molecule has 1 aromatic rings. The normalized spacial score (nSPS) is 24.0. The van der Waals surface area contributed by atoms with Crippen molar-refractivity contribution in [2.75, 3.05) is 7.05 Å². The lowest BCUT2D eigenvalue weighted by Crippen LogP contribution is -2.38. The van der Waals surface area contributed by atoms with Crippen molar-refractivity contribution >= 4 is 5.96 Å².